The van der Waals surface area contributed by atoms with Gasteiger partial charge in [0.1, 0.15) is 23.6 Å². The molecule has 0 radical (unpaired) electrons. The Morgan fingerprint density at radius 2 is 1.68 bits per heavy atom. The van der Waals surface area contributed by atoms with E-state index in [1.54, 1.807) is 43.4 Å². The van der Waals surface area contributed by atoms with Crippen molar-refractivity contribution in [3.05, 3.63) is 88.4 Å². The van der Waals surface area contributed by atoms with Crippen LogP contribution in [0, 0.1) is 0 Å². The maximum Gasteiger partial charge on any atom is 0.256 e. The van der Waals surface area contributed by atoms with Crippen molar-refractivity contribution in [1.29, 1.82) is 0 Å². The standard InChI is InChI=1S/C26H23ClN2O5/c1-33-19-10-16(11-20(13-19)34-2)14-28-22-9-8-18(27)12-21(22)26(17-6-4-3-5-7-17)24(31)25(32)29(26)15-23(28)30/h3-13,24,31H,14-15H2,1-2H3/t24-,26-/m1/s1. The van der Waals surface area contributed by atoms with Crippen molar-refractivity contribution >= 4 is 29.1 Å². The normalized spacial score (nSPS) is 21.4. The van der Waals surface area contributed by atoms with E-state index >= 15 is 0 Å². The van der Waals surface area contributed by atoms with Gasteiger partial charge >= 0.3 is 0 Å². The molecule has 7 nitrogen and oxygen atoms in total. The maximum absolute atomic E-state index is 13.5. The van der Waals surface area contributed by atoms with E-state index in [9.17, 15) is 14.7 Å². The highest BCUT2D eigenvalue weighted by molar-refractivity contribution is 6.30. The molecule has 0 aromatic heterocycles. The van der Waals surface area contributed by atoms with Crippen molar-refractivity contribution in [3.63, 3.8) is 0 Å². The average Bonchev–Trinajstić information content (AvgIpc) is 2.95. The number of benzene rings is 3. The number of methoxy groups -OCH3 is 2. The van der Waals surface area contributed by atoms with E-state index < -0.39 is 17.6 Å². The number of halogens is 1. The highest BCUT2D eigenvalue weighted by atomic mass is 35.5. The van der Waals surface area contributed by atoms with Crippen molar-refractivity contribution in [2.75, 3.05) is 25.7 Å². The first-order valence-electron chi connectivity index (χ1n) is 10.8. The smallest absolute Gasteiger partial charge is 0.256 e. The van der Waals surface area contributed by atoms with E-state index in [1.165, 1.54) is 4.90 Å². The monoisotopic (exact) mass is 478 g/mol. The first-order chi connectivity index (χ1) is 16.4. The van der Waals surface area contributed by atoms with Gasteiger partial charge < -0.3 is 24.4 Å². The molecule has 1 fully saturated rings. The van der Waals surface area contributed by atoms with Crippen LogP contribution in [0.15, 0.2) is 66.7 Å². The van der Waals surface area contributed by atoms with Gasteiger partial charge in [0, 0.05) is 16.7 Å². The Morgan fingerprint density at radius 3 is 2.32 bits per heavy atom. The zero-order chi connectivity index (χ0) is 24.0. The summed E-state index contributed by atoms with van der Waals surface area (Å²) < 4.78 is 10.8. The molecule has 174 valence electrons. The van der Waals surface area contributed by atoms with Gasteiger partial charge in [-0.25, -0.2) is 0 Å². The second kappa shape index (κ2) is 8.34. The van der Waals surface area contributed by atoms with Crippen LogP contribution in [0.3, 0.4) is 0 Å². The zero-order valence-electron chi connectivity index (χ0n) is 18.7. The van der Waals surface area contributed by atoms with Crippen molar-refractivity contribution in [2.24, 2.45) is 0 Å². The minimum absolute atomic E-state index is 0.182. The highest BCUT2D eigenvalue weighted by Gasteiger charge is 2.64. The van der Waals surface area contributed by atoms with Gasteiger partial charge in [-0.15, -0.1) is 0 Å². The number of hydrogen-bond donors (Lipinski definition) is 1. The van der Waals surface area contributed by atoms with Crippen LogP contribution >= 0.6 is 11.6 Å². The summed E-state index contributed by atoms with van der Waals surface area (Å²) >= 11 is 6.40. The Morgan fingerprint density at radius 1 is 1.00 bits per heavy atom. The largest absolute Gasteiger partial charge is 0.497 e. The number of aliphatic hydroxyl groups is 1. The van der Waals surface area contributed by atoms with Gasteiger partial charge in [0.05, 0.1) is 26.5 Å². The molecular formula is C26H23ClN2O5. The summed E-state index contributed by atoms with van der Waals surface area (Å²) in [6, 6.07) is 19.9. The lowest BCUT2D eigenvalue weighted by atomic mass is 9.69. The number of nitrogens with zero attached hydrogens (tertiary/aromatic N) is 2. The summed E-state index contributed by atoms with van der Waals surface area (Å²) in [4.78, 5) is 29.4. The zero-order valence-corrected chi connectivity index (χ0v) is 19.5. The Labute approximate surface area is 202 Å². The van der Waals surface area contributed by atoms with Gasteiger partial charge in [0.25, 0.3) is 5.91 Å². The van der Waals surface area contributed by atoms with E-state index in [1.807, 2.05) is 42.5 Å². The van der Waals surface area contributed by atoms with Gasteiger partial charge in [-0.1, -0.05) is 41.9 Å². The third kappa shape index (κ3) is 3.23. The fraction of sp³-hybridized carbons (Fsp3) is 0.231. The first-order valence-corrected chi connectivity index (χ1v) is 11.2. The number of fused-ring (bicyclic) bond motifs is 3. The molecule has 2 aliphatic heterocycles. The number of carbonyl (C=O) groups excluding carboxylic acids is 2. The van der Waals surface area contributed by atoms with E-state index in [0.717, 1.165) is 5.56 Å². The van der Waals surface area contributed by atoms with Crippen LogP contribution in [0.1, 0.15) is 16.7 Å². The topological polar surface area (TPSA) is 79.3 Å². The number of anilines is 1. The quantitative estimate of drug-likeness (QED) is 0.569. The van der Waals surface area contributed by atoms with Crippen LogP contribution in [-0.4, -0.2) is 48.7 Å². The number of ether oxygens (including phenoxy) is 2. The lowest BCUT2D eigenvalue weighted by Gasteiger charge is -2.55. The number of carbonyl (C=O) groups is 2. The summed E-state index contributed by atoms with van der Waals surface area (Å²) in [7, 11) is 3.13. The van der Waals surface area contributed by atoms with Gasteiger partial charge in [-0.2, -0.15) is 0 Å². The Kier molecular flexibility index (Phi) is 5.46. The summed E-state index contributed by atoms with van der Waals surface area (Å²) in [6.07, 6.45) is -1.34. The van der Waals surface area contributed by atoms with Crippen molar-refractivity contribution < 1.29 is 24.2 Å². The van der Waals surface area contributed by atoms with Gasteiger partial charge in [-0.3, -0.25) is 9.59 Å². The SMILES string of the molecule is COc1cc(CN2C(=O)CN3C(=O)[C@@H](O)[C@@]3(c3ccccc3)c3cc(Cl)ccc32)cc(OC)c1. The van der Waals surface area contributed by atoms with E-state index in [2.05, 4.69) is 0 Å². The molecule has 0 bridgehead atoms. The third-order valence-electron chi connectivity index (χ3n) is 6.54. The molecule has 2 amide bonds. The Balaban J connectivity index is 1.69. The van der Waals surface area contributed by atoms with Crippen LogP contribution < -0.4 is 14.4 Å². The van der Waals surface area contributed by atoms with Gasteiger partial charge in [0.15, 0.2) is 6.10 Å². The molecule has 3 aromatic rings. The molecule has 1 saturated heterocycles. The molecule has 2 aliphatic rings. The molecule has 34 heavy (non-hydrogen) atoms. The van der Waals surface area contributed by atoms with Crippen LogP contribution in [0.25, 0.3) is 0 Å². The summed E-state index contributed by atoms with van der Waals surface area (Å²) in [5, 5.41) is 11.5. The number of rotatable bonds is 5. The van der Waals surface area contributed by atoms with Crippen molar-refractivity contribution in [3.8, 4) is 11.5 Å². The minimum atomic E-state index is -1.34. The molecule has 0 saturated carbocycles. The molecule has 8 heteroatoms. The van der Waals surface area contributed by atoms with Crippen LogP contribution in [0.2, 0.25) is 5.02 Å². The predicted molar refractivity (Wildman–Crippen MR) is 127 cm³/mol. The molecule has 0 spiro atoms. The molecule has 1 N–H and O–H groups in total. The number of hydrogen-bond acceptors (Lipinski definition) is 5. The summed E-state index contributed by atoms with van der Waals surface area (Å²) in [5.74, 6) is 0.433. The molecule has 0 unspecified atom stereocenters. The van der Waals surface area contributed by atoms with Crippen LogP contribution in [0.5, 0.6) is 11.5 Å². The molecule has 0 aliphatic carbocycles. The minimum Gasteiger partial charge on any atom is -0.497 e. The van der Waals surface area contributed by atoms with E-state index in [-0.39, 0.29) is 19.0 Å². The maximum atomic E-state index is 13.5. The number of amides is 2. The second-order valence-electron chi connectivity index (χ2n) is 8.32. The van der Waals surface area contributed by atoms with E-state index in [4.69, 9.17) is 21.1 Å². The number of aliphatic hydroxyl groups excluding tert-OH is 1. The predicted octanol–water partition coefficient (Wildman–Crippen LogP) is 3.35. The lowest BCUT2D eigenvalue weighted by Crippen LogP contribution is -2.72. The third-order valence-corrected chi connectivity index (χ3v) is 6.78. The lowest BCUT2D eigenvalue weighted by molar-refractivity contribution is -0.181. The van der Waals surface area contributed by atoms with Crippen molar-refractivity contribution in [1.82, 2.24) is 4.90 Å². The summed E-state index contributed by atoms with van der Waals surface area (Å²) in [5.41, 5.74) is 1.46. The van der Waals surface area contributed by atoms with Gasteiger partial charge in [-0.05, 0) is 41.5 Å². The molecular weight excluding hydrogens is 456 g/mol. The molecule has 3 aromatic carbocycles. The molecule has 2 atom stereocenters. The fourth-order valence-corrected chi connectivity index (χ4v) is 5.13. The first kappa shape index (κ1) is 22.3. The second-order valence-corrected chi connectivity index (χ2v) is 8.76. The Hall–Kier alpha value is -3.55. The fourth-order valence-electron chi connectivity index (χ4n) is 4.96. The van der Waals surface area contributed by atoms with Crippen LogP contribution in [0.4, 0.5) is 5.69 Å². The van der Waals surface area contributed by atoms with E-state index in [0.29, 0.717) is 33.3 Å². The Bertz CT molecular complexity index is 1260. The number of β-lactam (4-membered cyclic amide) rings is 1. The van der Waals surface area contributed by atoms with Crippen LogP contribution in [-0.2, 0) is 21.7 Å². The van der Waals surface area contributed by atoms with Gasteiger partial charge in [0.2, 0.25) is 5.91 Å². The average molecular weight is 479 g/mol. The molecule has 2 heterocycles. The highest BCUT2D eigenvalue weighted by Crippen LogP contribution is 2.52. The molecule has 5 rings (SSSR count). The van der Waals surface area contributed by atoms with Crippen molar-refractivity contribution in [2.45, 2.75) is 18.2 Å². The summed E-state index contributed by atoms with van der Waals surface area (Å²) in [6.45, 7) is 0.0300.